The summed E-state index contributed by atoms with van der Waals surface area (Å²) in [5, 5.41) is 6.57. The second-order valence-corrected chi connectivity index (χ2v) is 10.4. The molecule has 2 aromatic rings. The van der Waals surface area contributed by atoms with E-state index in [1.54, 1.807) is 6.07 Å². The quantitative estimate of drug-likeness (QED) is 0.435. The lowest BCUT2D eigenvalue weighted by Gasteiger charge is -2.21. The fraction of sp³-hybridized carbons (Fsp3) is 0.500. The molecule has 0 heterocycles. The molecule has 4 rings (SSSR count). The first kappa shape index (κ1) is 24.5. The third-order valence-electron chi connectivity index (χ3n) is 8.06. The van der Waals surface area contributed by atoms with Crippen LogP contribution in [0.15, 0.2) is 23.8 Å². The van der Waals surface area contributed by atoms with Gasteiger partial charge in [-0.05, 0) is 117 Å². The van der Waals surface area contributed by atoms with E-state index in [1.165, 1.54) is 25.7 Å². The Bertz CT molecular complexity index is 1080. The van der Waals surface area contributed by atoms with Gasteiger partial charge in [0.1, 0.15) is 5.82 Å². The molecule has 0 spiro atoms. The third kappa shape index (κ3) is 5.06. The van der Waals surface area contributed by atoms with Crippen LogP contribution in [0.3, 0.4) is 0 Å². The van der Waals surface area contributed by atoms with Crippen LogP contribution in [0.5, 0.6) is 0 Å². The molecule has 0 aliphatic heterocycles. The first-order valence-corrected chi connectivity index (χ1v) is 12.9. The fourth-order valence-corrected chi connectivity index (χ4v) is 5.72. The van der Waals surface area contributed by atoms with Gasteiger partial charge in [0.15, 0.2) is 0 Å². The maximum absolute atomic E-state index is 15.0. The van der Waals surface area contributed by atoms with Crippen molar-refractivity contribution in [2.24, 2.45) is 0 Å². The minimum absolute atomic E-state index is 0.0255. The van der Waals surface area contributed by atoms with E-state index < -0.39 is 0 Å². The van der Waals surface area contributed by atoms with Gasteiger partial charge in [-0.1, -0.05) is 31.7 Å². The highest BCUT2D eigenvalue weighted by Crippen LogP contribution is 2.37. The van der Waals surface area contributed by atoms with Gasteiger partial charge in [-0.25, -0.2) is 4.39 Å². The van der Waals surface area contributed by atoms with E-state index in [4.69, 9.17) is 0 Å². The molecule has 1 amide bonds. The molecule has 2 fully saturated rings. The zero-order chi connectivity index (χ0) is 24.4. The fourth-order valence-electron chi connectivity index (χ4n) is 5.72. The maximum Gasteiger partial charge on any atom is 0.247 e. The van der Waals surface area contributed by atoms with Crippen molar-refractivity contribution in [1.82, 2.24) is 5.32 Å². The number of carbonyl (C=O) groups is 1. The van der Waals surface area contributed by atoms with Crippen LogP contribution in [0.1, 0.15) is 86.1 Å². The lowest BCUT2D eigenvalue weighted by molar-refractivity contribution is -0.118. The molecule has 2 aliphatic carbocycles. The van der Waals surface area contributed by atoms with E-state index in [0.717, 1.165) is 70.2 Å². The van der Waals surface area contributed by atoms with Crippen LogP contribution >= 0.6 is 0 Å². The minimum atomic E-state index is -0.193. The number of halogens is 1. The maximum atomic E-state index is 15.0. The van der Waals surface area contributed by atoms with Crippen LogP contribution in [0, 0.1) is 33.5 Å². The van der Waals surface area contributed by atoms with E-state index in [9.17, 15) is 4.79 Å². The van der Waals surface area contributed by atoms with Crippen LogP contribution in [0.4, 0.5) is 10.1 Å². The molecular weight excluding hydrogens is 423 g/mol. The summed E-state index contributed by atoms with van der Waals surface area (Å²) in [6, 6.07) is 6.28. The average molecular weight is 463 g/mol. The third-order valence-corrected chi connectivity index (χ3v) is 8.06. The molecule has 2 aliphatic rings. The lowest BCUT2D eigenvalue weighted by atomic mass is 9.85. The van der Waals surface area contributed by atoms with Crippen LogP contribution in [0.25, 0.3) is 17.2 Å². The summed E-state index contributed by atoms with van der Waals surface area (Å²) in [5.41, 5.74) is 8.97. The molecule has 0 unspecified atom stereocenters. The number of benzene rings is 2. The number of hydrogen-bond donors (Lipinski definition) is 2. The zero-order valence-electron chi connectivity index (χ0n) is 21.4. The topological polar surface area (TPSA) is 41.1 Å². The predicted molar refractivity (Wildman–Crippen MR) is 141 cm³/mol. The Morgan fingerprint density at radius 3 is 2.00 bits per heavy atom. The van der Waals surface area contributed by atoms with Crippen LogP contribution < -0.4 is 10.6 Å². The second kappa shape index (κ2) is 10.3. The average Bonchev–Trinajstić information content (AvgIpc) is 3.51. The van der Waals surface area contributed by atoms with Crippen LogP contribution in [-0.4, -0.2) is 18.0 Å². The highest BCUT2D eigenvalue weighted by molar-refractivity contribution is 5.98. The molecule has 3 nitrogen and oxygen atoms in total. The van der Waals surface area contributed by atoms with Gasteiger partial charge in [0, 0.05) is 17.7 Å². The molecule has 182 valence electrons. The Balaban J connectivity index is 1.63. The molecule has 2 N–H and O–H groups in total. The van der Waals surface area contributed by atoms with Crippen LogP contribution in [0.2, 0.25) is 0 Å². The molecule has 0 bridgehead atoms. The van der Waals surface area contributed by atoms with Gasteiger partial charge < -0.3 is 10.6 Å². The molecule has 4 heteroatoms. The number of anilines is 1. The van der Waals surface area contributed by atoms with Crippen molar-refractivity contribution in [2.45, 2.75) is 98.1 Å². The molecular formula is C30H39FN2O. The highest BCUT2D eigenvalue weighted by Gasteiger charge is 2.21. The molecule has 34 heavy (non-hydrogen) atoms. The van der Waals surface area contributed by atoms with Gasteiger partial charge >= 0.3 is 0 Å². The summed E-state index contributed by atoms with van der Waals surface area (Å²) < 4.78 is 15.0. The number of amides is 1. The molecule has 0 saturated heterocycles. The van der Waals surface area contributed by atoms with Crippen molar-refractivity contribution in [3.05, 3.63) is 57.4 Å². The Morgan fingerprint density at radius 2 is 1.44 bits per heavy atom. The smallest absolute Gasteiger partial charge is 0.247 e. The van der Waals surface area contributed by atoms with Crippen LogP contribution in [-0.2, 0) is 4.79 Å². The normalized spacial score (nSPS) is 17.4. The lowest BCUT2D eigenvalue weighted by Crippen LogP contribution is -2.33. The van der Waals surface area contributed by atoms with Crippen molar-refractivity contribution >= 4 is 17.7 Å². The Hall–Kier alpha value is -2.62. The first-order chi connectivity index (χ1) is 16.3. The summed E-state index contributed by atoms with van der Waals surface area (Å²) in [7, 11) is 0. The number of hydrogen-bond acceptors (Lipinski definition) is 2. The summed E-state index contributed by atoms with van der Waals surface area (Å²) in [6.45, 7) is 10.3. The Labute approximate surface area is 204 Å². The van der Waals surface area contributed by atoms with E-state index in [1.807, 2.05) is 25.1 Å². The van der Waals surface area contributed by atoms with Crippen molar-refractivity contribution in [2.75, 3.05) is 5.32 Å². The van der Waals surface area contributed by atoms with Gasteiger partial charge in [0.05, 0.1) is 5.69 Å². The standard InChI is InChI=1S/C30H39FN2O/c1-18(30(34)33-25-12-8-9-13-25)16-26-19(2)21(4)29(22(5)20(26)3)23-14-15-28(27(31)17-23)32-24-10-6-7-11-24/h14-17,24-25,32H,6-13H2,1-5H3,(H,33,34). The summed E-state index contributed by atoms with van der Waals surface area (Å²) in [4.78, 5) is 12.8. The van der Waals surface area contributed by atoms with Gasteiger partial charge in [0.25, 0.3) is 0 Å². The van der Waals surface area contributed by atoms with E-state index in [0.29, 0.717) is 17.8 Å². The SMILES string of the molecule is CC(=Cc1c(C)c(C)c(-c2ccc(NC3CCCC3)c(F)c2)c(C)c1C)C(=O)NC1CCCC1. The van der Waals surface area contributed by atoms with Gasteiger partial charge in [0.2, 0.25) is 5.91 Å². The molecule has 2 aromatic carbocycles. The first-order valence-electron chi connectivity index (χ1n) is 12.9. The van der Waals surface area contributed by atoms with Crippen molar-refractivity contribution in [3.63, 3.8) is 0 Å². The summed E-state index contributed by atoms with van der Waals surface area (Å²) >= 11 is 0. The summed E-state index contributed by atoms with van der Waals surface area (Å²) in [6.07, 6.45) is 11.2. The van der Waals surface area contributed by atoms with E-state index >= 15 is 4.39 Å². The minimum Gasteiger partial charge on any atom is -0.380 e. The van der Waals surface area contributed by atoms with Crippen molar-refractivity contribution in [3.8, 4) is 11.1 Å². The van der Waals surface area contributed by atoms with Crippen molar-refractivity contribution in [1.29, 1.82) is 0 Å². The van der Waals surface area contributed by atoms with Gasteiger partial charge in [-0.15, -0.1) is 0 Å². The van der Waals surface area contributed by atoms with Gasteiger partial charge in [-0.3, -0.25) is 4.79 Å². The second-order valence-electron chi connectivity index (χ2n) is 10.4. The van der Waals surface area contributed by atoms with E-state index in [2.05, 4.69) is 38.3 Å². The molecule has 0 atom stereocenters. The van der Waals surface area contributed by atoms with Crippen molar-refractivity contribution < 1.29 is 9.18 Å². The number of nitrogens with one attached hydrogen (secondary N) is 2. The molecule has 0 aromatic heterocycles. The zero-order valence-corrected chi connectivity index (χ0v) is 21.4. The Kier molecular flexibility index (Phi) is 7.45. The number of rotatable bonds is 6. The van der Waals surface area contributed by atoms with Gasteiger partial charge in [-0.2, -0.15) is 0 Å². The Morgan fingerprint density at radius 1 is 0.882 bits per heavy atom. The summed E-state index contributed by atoms with van der Waals surface area (Å²) in [5.74, 6) is -0.167. The monoisotopic (exact) mass is 462 g/mol. The molecule has 0 radical (unpaired) electrons. The largest absolute Gasteiger partial charge is 0.380 e. The number of carbonyl (C=O) groups excluding carboxylic acids is 1. The highest BCUT2D eigenvalue weighted by atomic mass is 19.1. The predicted octanol–water partition coefficient (Wildman–Crippen LogP) is 7.54. The molecule has 2 saturated carbocycles. The van der Waals surface area contributed by atoms with E-state index in [-0.39, 0.29) is 11.7 Å².